The van der Waals surface area contributed by atoms with E-state index in [2.05, 4.69) is 0 Å². The van der Waals surface area contributed by atoms with E-state index in [0.717, 1.165) is 25.7 Å². The normalized spacial score (nSPS) is 33.3. The average molecular weight is 346 g/mol. The number of hydrogen-bond acceptors (Lipinski definition) is 4. The van der Waals surface area contributed by atoms with Crippen LogP contribution in [0, 0.1) is 5.41 Å². The van der Waals surface area contributed by atoms with E-state index in [1.807, 2.05) is 6.92 Å². The predicted molar refractivity (Wildman–Crippen MR) is 88.2 cm³/mol. The molecule has 1 spiro atoms. The smallest absolute Gasteiger partial charge is 0.281 e. The average Bonchev–Trinajstić information content (AvgIpc) is 2.84. The molecule has 23 heavy (non-hydrogen) atoms. The van der Waals surface area contributed by atoms with Crippen LogP contribution in [0.1, 0.15) is 51.9 Å². The van der Waals surface area contributed by atoms with Crippen LogP contribution in [0.25, 0.3) is 0 Å². The second-order valence-corrected chi connectivity index (χ2v) is 9.08. The molecule has 2 saturated heterocycles. The third-order valence-electron chi connectivity index (χ3n) is 5.98. The number of ether oxygens (including phenoxy) is 1. The van der Waals surface area contributed by atoms with Crippen molar-refractivity contribution in [2.75, 3.05) is 32.8 Å². The first kappa shape index (κ1) is 17.6. The van der Waals surface area contributed by atoms with Gasteiger partial charge in [0, 0.05) is 44.6 Å². The minimum Gasteiger partial charge on any atom is -0.392 e. The van der Waals surface area contributed by atoms with Gasteiger partial charge in [-0.3, -0.25) is 0 Å². The number of aliphatic hydroxyl groups is 1. The molecule has 3 rings (SSSR count). The summed E-state index contributed by atoms with van der Waals surface area (Å²) in [5, 5.41) is 10.2. The van der Waals surface area contributed by atoms with E-state index in [1.54, 1.807) is 8.61 Å². The van der Waals surface area contributed by atoms with Crippen LogP contribution in [-0.2, 0) is 14.9 Å². The maximum atomic E-state index is 12.9. The van der Waals surface area contributed by atoms with Crippen LogP contribution in [0.5, 0.6) is 0 Å². The van der Waals surface area contributed by atoms with Crippen LogP contribution in [0.2, 0.25) is 0 Å². The zero-order valence-electron chi connectivity index (χ0n) is 14.1. The summed E-state index contributed by atoms with van der Waals surface area (Å²) in [5.41, 5.74) is -0.221. The van der Waals surface area contributed by atoms with Crippen molar-refractivity contribution >= 4 is 10.2 Å². The molecule has 0 aromatic heterocycles. The number of piperidine rings is 1. The van der Waals surface area contributed by atoms with Crippen molar-refractivity contribution in [2.45, 2.75) is 64.1 Å². The van der Waals surface area contributed by atoms with E-state index in [-0.39, 0.29) is 17.6 Å². The first-order chi connectivity index (χ1) is 11.0. The lowest BCUT2D eigenvalue weighted by molar-refractivity contribution is -0.206. The van der Waals surface area contributed by atoms with Gasteiger partial charge in [0.1, 0.15) is 0 Å². The molecule has 0 unspecified atom stereocenters. The number of rotatable bonds is 4. The van der Waals surface area contributed by atoms with E-state index in [0.29, 0.717) is 52.0 Å². The Hall–Kier alpha value is -0.210. The summed E-state index contributed by atoms with van der Waals surface area (Å²) in [5.74, 6) is 0. The zero-order chi connectivity index (χ0) is 16.5. The Bertz CT molecular complexity index is 492. The highest BCUT2D eigenvalue weighted by Gasteiger charge is 2.57. The van der Waals surface area contributed by atoms with Gasteiger partial charge >= 0.3 is 0 Å². The Labute approximate surface area is 140 Å². The van der Waals surface area contributed by atoms with Crippen LogP contribution in [-0.4, -0.2) is 67.1 Å². The van der Waals surface area contributed by atoms with Crippen LogP contribution < -0.4 is 0 Å². The second kappa shape index (κ2) is 6.96. The number of nitrogens with zero attached hydrogens (tertiary/aromatic N) is 2. The minimum atomic E-state index is -3.35. The van der Waals surface area contributed by atoms with E-state index in [4.69, 9.17) is 4.74 Å². The summed E-state index contributed by atoms with van der Waals surface area (Å²) in [6, 6.07) is 0. The summed E-state index contributed by atoms with van der Waals surface area (Å²) in [6.45, 7) is 4.91. The van der Waals surface area contributed by atoms with Gasteiger partial charge in [-0.05, 0) is 32.6 Å². The number of hydrogen-bond donors (Lipinski definition) is 1. The van der Waals surface area contributed by atoms with Gasteiger partial charge in [0.2, 0.25) is 0 Å². The summed E-state index contributed by atoms with van der Waals surface area (Å²) in [6.07, 6.45) is 6.00. The molecule has 7 heteroatoms. The molecule has 0 aromatic carbocycles. The van der Waals surface area contributed by atoms with Gasteiger partial charge in [-0.2, -0.15) is 17.0 Å². The molecule has 3 fully saturated rings. The van der Waals surface area contributed by atoms with Crippen molar-refractivity contribution < 1.29 is 18.3 Å². The molecule has 1 saturated carbocycles. The Morgan fingerprint density at radius 2 is 1.61 bits per heavy atom. The third-order valence-corrected chi connectivity index (χ3v) is 8.02. The highest BCUT2D eigenvalue weighted by Crippen LogP contribution is 2.51. The van der Waals surface area contributed by atoms with Gasteiger partial charge in [-0.15, -0.1) is 0 Å². The molecule has 0 amide bonds. The van der Waals surface area contributed by atoms with E-state index < -0.39 is 10.2 Å². The second-order valence-electron chi connectivity index (χ2n) is 7.15. The van der Waals surface area contributed by atoms with E-state index in [9.17, 15) is 13.5 Å². The largest absolute Gasteiger partial charge is 0.392 e. The van der Waals surface area contributed by atoms with E-state index in [1.165, 1.54) is 0 Å². The summed E-state index contributed by atoms with van der Waals surface area (Å²) in [7, 11) is -3.35. The van der Waals surface area contributed by atoms with Gasteiger partial charge in [-0.1, -0.05) is 12.8 Å². The van der Waals surface area contributed by atoms with Gasteiger partial charge in [0.05, 0.1) is 12.2 Å². The first-order valence-corrected chi connectivity index (χ1v) is 10.5. The molecule has 3 aliphatic rings. The molecular formula is C16H30N2O4S. The van der Waals surface area contributed by atoms with Crippen LogP contribution in [0.15, 0.2) is 0 Å². The SMILES string of the molecule is CCO[C@H]1C[C@@H](O)C12CCN(S(=O)(=O)N1CCCCCC1)CC2. The lowest BCUT2D eigenvalue weighted by Crippen LogP contribution is -2.63. The van der Waals surface area contributed by atoms with Crippen LogP contribution in [0.3, 0.4) is 0 Å². The van der Waals surface area contributed by atoms with Gasteiger partial charge in [0.15, 0.2) is 0 Å². The van der Waals surface area contributed by atoms with Crippen molar-refractivity contribution in [3.8, 4) is 0 Å². The first-order valence-electron chi connectivity index (χ1n) is 9.05. The fraction of sp³-hybridized carbons (Fsp3) is 1.00. The lowest BCUT2D eigenvalue weighted by atomic mass is 9.58. The fourth-order valence-electron chi connectivity index (χ4n) is 4.39. The molecule has 0 radical (unpaired) electrons. The van der Waals surface area contributed by atoms with Crippen molar-refractivity contribution in [3.63, 3.8) is 0 Å². The molecular weight excluding hydrogens is 316 g/mol. The molecule has 0 aromatic rings. The molecule has 134 valence electrons. The van der Waals surface area contributed by atoms with Gasteiger partial charge in [0.25, 0.3) is 10.2 Å². The highest BCUT2D eigenvalue weighted by molar-refractivity contribution is 7.86. The van der Waals surface area contributed by atoms with Crippen LogP contribution in [0.4, 0.5) is 0 Å². The van der Waals surface area contributed by atoms with Crippen molar-refractivity contribution in [1.82, 2.24) is 8.61 Å². The molecule has 6 nitrogen and oxygen atoms in total. The Balaban J connectivity index is 1.64. The lowest BCUT2D eigenvalue weighted by Gasteiger charge is -2.56. The maximum absolute atomic E-state index is 12.9. The van der Waals surface area contributed by atoms with E-state index >= 15 is 0 Å². The maximum Gasteiger partial charge on any atom is 0.281 e. The Kier molecular flexibility index (Phi) is 5.33. The number of aliphatic hydroxyl groups excluding tert-OH is 1. The van der Waals surface area contributed by atoms with Gasteiger partial charge in [-0.25, -0.2) is 0 Å². The molecule has 2 heterocycles. The van der Waals surface area contributed by atoms with Crippen molar-refractivity contribution in [3.05, 3.63) is 0 Å². The van der Waals surface area contributed by atoms with Crippen molar-refractivity contribution in [2.24, 2.45) is 5.41 Å². The molecule has 1 aliphatic carbocycles. The molecule has 2 atom stereocenters. The Morgan fingerprint density at radius 3 is 2.13 bits per heavy atom. The predicted octanol–water partition coefficient (Wildman–Crippen LogP) is 1.36. The highest BCUT2D eigenvalue weighted by atomic mass is 32.2. The monoisotopic (exact) mass is 346 g/mol. The molecule has 2 aliphatic heterocycles. The Morgan fingerprint density at radius 1 is 1.04 bits per heavy atom. The zero-order valence-corrected chi connectivity index (χ0v) is 14.9. The summed E-state index contributed by atoms with van der Waals surface area (Å²) < 4.78 is 34.8. The molecule has 0 bridgehead atoms. The topological polar surface area (TPSA) is 70.1 Å². The van der Waals surface area contributed by atoms with Crippen LogP contribution >= 0.6 is 0 Å². The summed E-state index contributed by atoms with van der Waals surface area (Å²) in [4.78, 5) is 0. The van der Waals surface area contributed by atoms with Gasteiger partial charge < -0.3 is 9.84 Å². The van der Waals surface area contributed by atoms with Crippen molar-refractivity contribution in [1.29, 1.82) is 0 Å². The quantitative estimate of drug-likeness (QED) is 0.834. The standard InChI is InChI=1S/C16H30N2O4S/c1-2-22-15-13-14(19)16(15)7-11-18(12-8-16)23(20,21)17-9-5-3-4-6-10-17/h14-15,19H,2-13H2,1H3/t14-,15+/m1/s1. The fourth-order valence-corrected chi connectivity index (χ4v) is 6.08. The third kappa shape index (κ3) is 3.18. The summed E-state index contributed by atoms with van der Waals surface area (Å²) >= 11 is 0. The molecule has 1 N–H and O–H groups in total. The minimum absolute atomic E-state index is 0.0885.